The Labute approximate surface area is 99.7 Å². The van der Waals surface area contributed by atoms with Crippen molar-refractivity contribution in [1.29, 1.82) is 0 Å². The van der Waals surface area contributed by atoms with Gasteiger partial charge in [-0.15, -0.1) is 0 Å². The third-order valence-corrected chi connectivity index (χ3v) is 2.19. The minimum absolute atomic E-state index is 0.316. The zero-order chi connectivity index (χ0) is 13.9. The topological polar surface area (TPSA) is 74.6 Å². The first-order valence-corrected chi connectivity index (χ1v) is 4.87. The predicted octanol–water partition coefficient (Wildman–Crippen LogP) is 2.46. The van der Waals surface area contributed by atoms with Gasteiger partial charge in [0.15, 0.2) is 5.78 Å². The number of carbonyl (C=O) groups excluding carboxylic acids is 1. The van der Waals surface area contributed by atoms with Gasteiger partial charge in [-0.2, -0.15) is 13.2 Å². The number of phenols is 1. The van der Waals surface area contributed by atoms with E-state index in [2.05, 4.69) is 0 Å². The smallest absolute Gasteiger partial charge is 0.416 e. The molecule has 0 spiro atoms. The normalized spacial score (nSPS) is 11.3. The summed E-state index contributed by atoms with van der Waals surface area (Å²) < 4.78 is 36.8. The molecule has 0 unspecified atom stereocenters. The summed E-state index contributed by atoms with van der Waals surface area (Å²) >= 11 is 0. The number of aromatic hydroxyl groups is 1. The summed E-state index contributed by atoms with van der Waals surface area (Å²) in [5.41, 5.74) is -1.39. The van der Waals surface area contributed by atoms with Gasteiger partial charge in [-0.25, -0.2) is 0 Å². The molecule has 2 N–H and O–H groups in total. The minimum Gasteiger partial charge on any atom is -0.507 e. The second-order valence-corrected chi connectivity index (χ2v) is 3.55. The van der Waals surface area contributed by atoms with Crippen LogP contribution in [0.1, 0.15) is 28.8 Å². The molecule has 98 valence electrons. The van der Waals surface area contributed by atoms with Crippen LogP contribution >= 0.6 is 0 Å². The largest absolute Gasteiger partial charge is 0.507 e. The van der Waals surface area contributed by atoms with Gasteiger partial charge in [0.05, 0.1) is 17.5 Å². The van der Waals surface area contributed by atoms with E-state index in [-0.39, 0.29) is 12.0 Å². The fraction of sp³-hybridized carbons (Fsp3) is 0.273. The van der Waals surface area contributed by atoms with Gasteiger partial charge in [-0.1, -0.05) is 0 Å². The molecule has 0 saturated carbocycles. The van der Waals surface area contributed by atoms with Crippen LogP contribution in [0.5, 0.6) is 5.75 Å². The number of carbonyl (C=O) groups is 2. The summed E-state index contributed by atoms with van der Waals surface area (Å²) in [6.45, 7) is 0. The number of benzene rings is 1. The first-order valence-electron chi connectivity index (χ1n) is 4.87. The van der Waals surface area contributed by atoms with Crippen LogP contribution in [0, 0.1) is 0 Å². The van der Waals surface area contributed by atoms with Gasteiger partial charge in [0.2, 0.25) is 0 Å². The van der Waals surface area contributed by atoms with Crippen molar-refractivity contribution in [1.82, 2.24) is 0 Å². The van der Waals surface area contributed by atoms with E-state index in [0.717, 1.165) is 6.07 Å². The number of aliphatic carboxylic acids is 1. The van der Waals surface area contributed by atoms with Crippen molar-refractivity contribution in [3.05, 3.63) is 29.3 Å². The second-order valence-electron chi connectivity index (χ2n) is 3.55. The van der Waals surface area contributed by atoms with Gasteiger partial charge < -0.3 is 10.2 Å². The maximum Gasteiger partial charge on any atom is 0.416 e. The molecule has 0 amide bonds. The highest BCUT2D eigenvalue weighted by Gasteiger charge is 2.31. The van der Waals surface area contributed by atoms with Gasteiger partial charge in [-0.05, 0) is 18.2 Å². The molecule has 0 saturated heterocycles. The van der Waals surface area contributed by atoms with Gasteiger partial charge in [0.25, 0.3) is 0 Å². The van der Waals surface area contributed by atoms with E-state index in [1.54, 1.807) is 0 Å². The fourth-order valence-corrected chi connectivity index (χ4v) is 1.30. The van der Waals surface area contributed by atoms with Crippen molar-refractivity contribution in [2.75, 3.05) is 0 Å². The van der Waals surface area contributed by atoms with Crippen LogP contribution in [0.3, 0.4) is 0 Å². The Morgan fingerprint density at radius 2 is 1.78 bits per heavy atom. The summed E-state index contributed by atoms with van der Waals surface area (Å²) in [7, 11) is 0. The number of carboxylic acids is 1. The number of halogens is 3. The number of alkyl halides is 3. The highest BCUT2D eigenvalue weighted by atomic mass is 19.4. The van der Waals surface area contributed by atoms with Crippen molar-refractivity contribution in [2.45, 2.75) is 19.0 Å². The third kappa shape index (κ3) is 3.47. The zero-order valence-corrected chi connectivity index (χ0v) is 8.99. The molecule has 0 fully saturated rings. The zero-order valence-electron chi connectivity index (χ0n) is 8.99. The van der Waals surface area contributed by atoms with Gasteiger partial charge in [0.1, 0.15) is 5.75 Å². The lowest BCUT2D eigenvalue weighted by atomic mass is 10.0. The Bertz CT molecular complexity index is 480. The van der Waals surface area contributed by atoms with Crippen LogP contribution < -0.4 is 0 Å². The van der Waals surface area contributed by atoms with Crippen LogP contribution in [0.25, 0.3) is 0 Å². The second kappa shape index (κ2) is 5.07. The molecular weight excluding hydrogens is 253 g/mol. The molecular formula is C11H9F3O4. The summed E-state index contributed by atoms with van der Waals surface area (Å²) in [6, 6.07) is 1.93. The number of ketones is 1. The lowest BCUT2D eigenvalue weighted by molar-refractivity contribution is -0.138. The molecule has 0 aromatic heterocycles. The van der Waals surface area contributed by atoms with Crippen LogP contribution in [0.2, 0.25) is 0 Å². The van der Waals surface area contributed by atoms with E-state index in [9.17, 15) is 27.9 Å². The van der Waals surface area contributed by atoms with Crippen LogP contribution in [-0.2, 0) is 11.0 Å². The average Bonchev–Trinajstić information content (AvgIpc) is 2.24. The maximum absolute atomic E-state index is 12.3. The average molecular weight is 262 g/mol. The van der Waals surface area contributed by atoms with E-state index < -0.39 is 35.7 Å². The van der Waals surface area contributed by atoms with Crippen molar-refractivity contribution in [2.24, 2.45) is 0 Å². The Hall–Kier alpha value is -2.05. The number of phenolic OH excluding ortho intramolecular Hbond substituents is 1. The maximum atomic E-state index is 12.3. The Kier molecular flexibility index (Phi) is 3.95. The Balaban J connectivity index is 2.92. The SMILES string of the molecule is O=C(O)CCC(=O)c1ccc(C(F)(F)F)cc1O. The first-order chi connectivity index (χ1) is 8.21. The summed E-state index contributed by atoms with van der Waals surface area (Å²) in [5.74, 6) is -2.72. The predicted molar refractivity (Wildman–Crippen MR) is 54.3 cm³/mol. The molecule has 1 aromatic carbocycles. The summed E-state index contributed by atoms with van der Waals surface area (Å²) in [6.07, 6.45) is -5.44. The van der Waals surface area contributed by atoms with Crippen molar-refractivity contribution in [3.8, 4) is 5.75 Å². The molecule has 0 atom stereocenters. The van der Waals surface area contributed by atoms with Crippen molar-refractivity contribution >= 4 is 11.8 Å². The Morgan fingerprint density at radius 3 is 2.22 bits per heavy atom. The molecule has 0 bridgehead atoms. The number of rotatable bonds is 4. The van der Waals surface area contributed by atoms with Gasteiger partial charge in [0, 0.05) is 6.42 Å². The Morgan fingerprint density at radius 1 is 1.17 bits per heavy atom. The highest BCUT2D eigenvalue weighted by Crippen LogP contribution is 2.32. The molecule has 4 nitrogen and oxygen atoms in total. The number of hydrogen-bond acceptors (Lipinski definition) is 3. The molecule has 0 aliphatic rings. The van der Waals surface area contributed by atoms with E-state index in [4.69, 9.17) is 5.11 Å². The standard InChI is InChI=1S/C11H9F3O4/c12-11(13,14)6-1-2-7(9(16)5-6)8(15)3-4-10(17)18/h1-2,5,16H,3-4H2,(H,17,18). The van der Waals surface area contributed by atoms with Crippen LogP contribution in [0.4, 0.5) is 13.2 Å². The molecule has 18 heavy (non-hydrogen) atoms. The molecule has 1 aromatic rings. The van der Waals surface area contributed by atoms with Gasteiger partial charge >= 0.3 is 12.1 Å². The van der Waals surface area contributed by atoms with Crippen LogP contribution in [-0.4, -0.2) is 22.0 Å². The van der Waals surface area contributed by atoms with Crippen LogP contribution in [0.15, 0.2) is 18.2 Å². The molecule has 0 heterocycles. The van der Waals surface area contributed by atoms with E-state index in [1.807, 2.05) is 0 Å². The van der Waals surface area contributed by atoms with Crippen molar-refractivity contribution in [3.63, 3.8) is 0 Å². The fourth-order valence-electron chi connectivity index (χ4n) is 1.30. The monoisotopic (exact) mass is 262 g/mol. The molecule has 0 aliphatic heterocycles. The van der Waals surface area contributed by atoms with E-state index in [1.165, 1.54) is 0 Å². The number of hydrogen-bond donors (Lipinski definition) is 2. The quantitative estimate of drug-likeness (QED) is 0.817. The van der Waals surface area contributed by atoms with Crippen molar-refractivity contribution < 1.29 is 33.0 Å². The molecule has 0 radical (unpaired) electrons. The number of carboxylic acid groups (broad SMARTS) is 1. The summed E-state index contributed by atoms with van der Waals surface area (Å²) in [4.78, 5) is 21.7. The molecule has 1 rings (SSSR count). The molecule has 7 heteroatoms. The third-order valence-electron chi connectivity index (χ3n) is 2.19. The minimum atomic E-state index is -4.61. The summed E-state index contributed by atoms with van der Waals surface area (Å²) in [5, 5.41) is 17.7. The van der Waals surface area contributed by atoms with E-state index in [0.29, 0.717) is 12.1 Å². The number of Topliss-reactive ketones (excluding diaryl/α,β-unsaturated/α-hetero) is 1. The van der Waals surface area contributed by atoms with E-state index >= 15 is 0 Å². The molecule has 0 aliphatic carbocycles. The highest BCUT2D eigenvalue weighted by molar-refractivity contribution is 5.99. The lowest BCUT2D eigenvalue weighted by Crippen LogP contribution is -2.07. The van der Waals surface area contributed by atoms with Gasteiger partial charge in [-0.3, -0.25) is 9.59 Å². The first kappa shape index (κ1) is 14.0. The lowest BCUT2D eigenvalue weighted by Gasteiger charge is -2.09.